The molecule has 1 saturated heterocycles. The fraction of sp³-hybridized carbons (Fsp3) is 0.400. The van der Waals surface area contributed by atoms with Crippen LogP contribution in [0.2, 0.25) is 0 Å². The first-order valence-corrected chi connectivity index (χ1v) is 7.19. The van der Waals surface area contributed by atoms with E-state index in [-0.39, 0.29) is 11.4 Å². The number of nitro groups is 1. The number of piperazine rings is 1. The zero-order chi connectivity index (χ0) is 17.0. The molecule has 0 unspecified atom stereocenters. The summed E-state index contributed by atoms with van der Waals surface area (Å²) in [6, 6.07) is 2.93. The topological polar surface area (TPSA) is 87.9 Å². The van der Waals surface area contributed by atoms with Crippen molar-refractivity contribution >= 4 is 23.0 Å². The lowest BCUT2D eigenvalue weighted by Gasteiger charge is -2.35. The third kappa shape index (κ3) is 3.78. The summed E-state index contributed by atoms with van der Waals surface area (Å²) < 4.78 is 5.13. The molecular weight excluding hydrogens is 300 g/mol. The number of nitro benzene ring substituents is 1. The summed E-state index contributed by atoms with van der Waals surface area (Å²) in [5, 5.41) is 13.8. The molecule has 0 atom stereocenters. The number of likely N-dealkylation sites (N-methyl/N-ethyl adjacent to an activating group) is 1. The van der Waals surface area contributed by atoms with Gasteiger partial charge in [0.15, 0.2) is 5.75 Å². The molecule has 1 amide bonds. The third-order valence-corrected chi connectivity index (χ3v) is 3.78. The summed E-state index contributed by atoms with van der Waals surface area (Å²) in [4.78, 5) is 26.6. The molecule has 0 aliphatic carbocycles. The van der Waals surface area contributed by atoms with Crippen LogP contribution in [-0.2, 0) is 4.79 Å². The van der Waals surface area contributed by atoms with E-state index in [4.69, 9.17) is 4.74 Å². The van der Waals surface area contributed by atoms with Crippen LogP contribution in [0.25, 0.3) is 0 Å². The molecule has 2 rings (SSSR count). The third-order valence-electron chi connectivity index (χ3n) is 3.78. The molecule has 1 aromatic rings. The molecule has 124 valence electrons. The second kappa shape index (κ2) is 7.10. The predicted molar refractivity (Wildman–Crippen MR) is 88.2 cm³/mol. The van der Waals surface area contributed by atoms with Gasteiger partial charge in [-0.25, -0.2) is 0 Å². The van der Waals surface area contributed by atoms with Gasteiger partial charge in [-0.1, -0.05) is 6.58 Å². The molecule has 1 aromatic carbocycles. The largest absolute Gasteiger partial charge is 0.490 e. The van der Waals surface area contributed by atoms with Crippen molar-refractivity contribution in [2.45, 2.75) is 0 Å². The molecule has 1 aliphatic rings. The van der Waals surface area contributed by atoms with Gasteiger partial charge in [0, 0.05) is 38.3 Å². The second-order valence-corrected chi connectivity index (χ2v) is 5.28. The number of amides is 1. The van der Waals surface area contributed by atoms with E-state index in [1.165, 1.54) is 13.2 Å². The molecule has 0 radical (unpaired) electrons. The van der Waals surface area contributed by atoms with Crippen LogP contribution >= 0.6 is 0 Å². The van der Waals surface area contributed by atoms with Crippen LogP contribution in [-0.4, -0.2) is 56.1 Å². The van der Waals surface area contributed by atoms with Gasteiger partial charge >= 0.3 is 5.69 Å². The second-order valence-electron chi connectivity index (χ2n) is 5.28. The van der Waals surface area contributed by atoms with Gasteiger partial charge in [-0.3, -0.25) is 14.9 Å². The highest BCUT2D eigenvalue weighted by Crippen LogP contribution is 2.38. The first-order chi connectivity index (χ1) is 11.0. The average molecular weight is 320 g/mol. The molecule has 23 heavy (non-hydrogen) atoms. The van der Waals surface area contributed by atoms with Crippen molar-refractivity contribution in [3.05, 3.63) is 34.9 Å². The first-order valence-electron chi connectivity index (χ1n) is 7.19. The van der Waals surface area contributed by atoms with Gasteiger partial charge in [0.1, 0.15) is 0 Å². The van der Waals surface area contributed by atoms with Crippen molar-refractivity contribution in [2.75, 3.05) is 50.6 Å². The highest BCUT2D eigenvalue weighted by Gasteiger charge is 2.24. The summed E-state index contributed by atoms with van der Waals surface area (Å²) in [5.74, 6) is -0.250. The Kier molecular flexibility index (Phi) is 5.17. The van der Waals surface area contributed by atoms with E-state index in [0.717, 1.165) is 32.3 Å². The highest BCUT2D eigenvalue weighted by atomic mass is 16.6. The van der Waals surface area contributed by atoms with Gasteiger partial charge in [0.05, 0.1) is 23.4 Å². The number of anilines is 2. The van der Waals surface area contributed by atoms with Crippen LogP contribution < -0.4 is 15.0 Å². The number of hydrogen-bond donors (Lipinski definition) is 1. The molecule has 0 saturated carbocycles. The zero-order valence-corrected chi connectivity index (χ0v) is 13.2. The Hall–Kier alpha value is -2.61. The van der Waals surface area contributed by atoms with Crippen LogP contribution in [0.4, 0.5) is 17.1 Å². The summed E-state index contributed by atoms with van der Waals surface area (Å²) in [5.41, 5.74) is 0.896. The lowest BCUT2D eigenvalue weighted by molar-refractivity contribution is -0.385. The molecule has 8 heteroatoms. The van der Waals surface area contributed by atoms with Crippen molar-refractivity contribution in [3.63, 3.8) is 0 Å². The van der Waals surface area contributed by atoms with E-state index in [1.807, 2.05) is 7.05 Å². The van der Waals surface area contributed by atoms with Gasteiger partial charge in [-0.05, 0) is 13.1 Å². The summed E-state index contributed by atoms with van der Waals surface area (Å²) >= 11 is 0. The molecule has 8 nitrogen and oxygen atoms in total. The van der Waals surface area contributed by atoms with Crippen molar-refractivity contribution in [2.24, 2.45) is 0 Å². The number of methoxy groups -OCH3 is 1. The lowest BCUT2D eigenvalue weighted by Crippen LogP contribution is -2.44. The molecule has 0 aromatic heterocycles. The SMILES string of the molecule is C=CC(=O)Nc1cc([N+](=O)[O-])c(OC)cc1N1CCN(C)CC1. The number of hydrogen-bond acceptors (Lipinski definition) is 6. The van der Waals surface area contributed by atoms with E-state index in [0.29, 0.717) is 11.4 Å². The number of nitrogens with one attached hydrogen (secondary N) is 1. The predicted octanol–water partition coefficient (Wildman–Crippen LogP) is 1.48. The molecule has 1 N–H and O–H groups in total. The Morgan fingerprint density at radius 3 is 2.57 bits per heavy atom. The Labute approximate surface area is 134 Å². The van der Waals surface area contributed by atoms with Crippen molar-refractivity contribution < 1.29 is 14.5 Å². The molecule has 1 aliphatic heterocycles. The highest BCUT2D eigenvalue weighted by molar-refractivity contribution is 6.01. The number of ether oxygens (including phenoxy) is 1. The maximum Gasteiger partial charge on any atom is 0.313 e. The zero-order valence-electron chi connectivity index (χ0n) is 13.2. The Balaban J connectivity index is 2.46. The Morgan fingerprint density at radius 2 is 2.04 bits per heavy atom. The van der Waals surface area contributed by atoms with Crippen LogP contribution in [0.15, 0.2) is 24.8 Å². The number of carbonyl (C=O) groups excluding carboxylic acids is 1. The maximum absolute atomic E-state index is 11.6. The van der Waals surface area contributed by atoms with Crippen molar-refractivity contribution in [3.8, 4) is 5.75 Å². The van der Waals surface area contributed by atoms with Crippen LogP contribution in [0.1, 0.15) is 0 Å². The van der Waals surface area contributed by atoms with E-state index in [2.05, 4.69) is 21.7 Å². The Morgan fingerprint density at radius 1 is 1.39 bits per heavy atom. The lowest BCUT2D eigenvalue weighted by atomic mass is 10.1. The smallest absolute Gasteiger partial charge is 0.313 e. The molecular formula is C15H20N4O4. The van der Waals surface area contributed by atoms with Crippen LogP contribution in [0, 0.1) is 10.1 Å². The van der Waals surface area contributed by atoms with Gasteiger partial charge in [-0.15, -0.1) is 0 Å². The summed E-state index contributed by atoms with van der Waals surface area (Å²) in [7, 11) is 3.42. The summed E-state index contributed by atoms with van der Waals surface area (Å²) in [6.07, 6.45) is 1.13. The average Bonchev–Trinajstić information content (AvgIpc) is 2.55. The van der Waals surface area contributed by atoms with E-state index < -0.39 is 10.8 Å². The van der Waals surface area contributed by atoms with Gasteiger partial charge in [-0.2, -0.15) is 0 Å². The van der Waals surface area contributed by atoms with Gasteiger partial charge < -0.3 is 19.9 Å². The van der Waals surface area contributed by atoms with Gasteiger partial charge in [0.2, 0.25) is 5.91 Å². The molecule has 0 bridgehead atoms. The van der Waals surface area contributed by atoms with Crippen LogP contribution in [0.3, 0.4) is 0 Å². The number of rotatable bonds is 5. The minimum atomic E-state index is -0.532. The normalized spacial score (nSPS) is 15.1. The molecule has 1 heterocycles. The minimum absolute atomic E-state index is 0.167. The number of carbonyl (C=O) groups is 1. The van der Waals surface area contributed by atoms with Crippen molar-refractivity contribution in [1.29, 1.82) is 0 Å². The summed E-state index contributed by atoms with van der Waals surface area (Å²) in [6.45, 7) is 6.66. The van der Waals surface area contributed by atoms with E-state index in [9.17, 15) is 14.9 Å². The monoisotopic (exact) mass is 320 g/mol. The van der Waals surface area contributed by atoms with Crippen molar-refractivity contribution in [1.82, 2.24) is 4.90 Å². The molecule has 0 spiro atoms. The molecule has 1 fully saturated rings. The standard InChI is InChI=1S/C15H20N4O4/c1-4-15(20)16-11-9-13(19(21)22)14(23-3)10-12(11)18-7-5-17(2)6-8-18/h4,9-10H,1,5-8H2,2-3H3,(H,16,20). The van der Waals surface area contributed by atoms with E-state index in [1.54, 1.807) is 6.07 Å². The number of nitrogens with zero attached hydrogens (tertiary/aromatic N) is 3. The number of benzene rings is 1. The van der Waals surface area contributed by atoms with Gasteiger partial charge in [0.25, 0.3) is 0 Å². The van der Waals surface area contributed by atoms with E-state index >= 15 is 0 Å². The maximum atomic E-state index is 11.6. The first kappa shape index (κ1) is 16.8. The quantitative estimate of drug-likeness (QED) is 0.502. The fourth-order valence-corrected chi connectivity index (χ4v) is 2.46. The minimum Gasteiger partial charge on any atom is -0.490 e. The van der Waals surface area contributed by atoms with Crippen LogP contribution in [0.5, 0.6) is 5.75 Å². The Bertz CT molecular complexity index is 624. The fourth-order valence-electron chi connectivity index (χ4n) is 2.46.